The summed E-state index contributed by atoms with van der Waals surface area (Å²) < 4.78 is 18.6. The maximum atomic E-state index is 13.7. The van der Waals surface area contributed by atoms with Gasteiger partial charge in [0.2, 0.25) is 0 Å². The van der Waals surface area contributed by atoms with Gasteiger partial charge in [-0.3, -0.25) is 0 Å². The van der Waals surface area contributed by atoms with E-state index in [0.29, 0.717) is 0 Å². The molecule has 2 rings (SSSR count). The van der Waals surface area contributed by atoms with Crippen molar-refractivity contribution < 1.29 is 9.13 Å². The largest absolute Gasteiger partial charge is 0.494 e. The molecule has 4 heteroatoms. The standard InChI is InChI=1S/C14H14BrFOS/c1-8-6-11(9(2)18-8)14(15)10-4-5-13(17-3)12(16)7-10/h4-7,14H,1-3H3. The van der Waals surface area contributed by atoms with Crippen molar-refractivity contribution in [2.45, 2.75) is 18.7 Å². The maximum Gasteiger partial charge on any atom is 0.165 e. The van der Waals surface area contributed by atoms with Gasteiger partial charge in [-0.05, 0) is 43.2 Å². The fourth-order valence-corrected chi connectivity index (χ4v) is 3.80. The Kier molecular flexibility index (Phi) is 4.07. The zero-order valence-electron chi connectivity index (χ0n) is 10.5. The number of methoxy groups -OCH3 is 1. The molecule has 0 N–H and O–H groups in total. The molecule has 0 saturated carbocycles. The predicted molar refractivity (Wildman–Crippen MR) is 77.5 cm³/mol. The highest BCUT2D eigenvalue weighted by molar-refractivity contribution is 9.09. The molecule has 0 spiro atoms. The summed E-state index contributed by atoms with van der Waals surface area (Å²) in [5, 5.41) is 0. The van der Waals surface area contributed by atoms with Crippen LogP contribution in [0, 0.1) is 19.7 Å². The normalized spacial score (nSPS) is 12.5. The smallest absolute Gasteiger partial charge is 0.165 e. The first-order valence-corrected chi connectivity index (χ1v) is 7.30. The van der Waals surface area contributed by atoms with Crippen molar-refractivity contribution in [2.24, 2.45) is 0 Å². The lowest BCUT2D eigenvalue weighted by Gasteiger charge is -2.11. The second kappa shape index (κ2) is 5.41. The molecule has 0 radical (unpaired) electrons. The Morgan fingerprint density at radius 3 is 2.50 bits per heavy atom. The van der Waals surface area contributed by atoms with Crippen LogP contribution in [-0.4, -0.2) is 7.11 Å². The lowest BCUT2D eigenvalue weighted by atomic mass is 10.1. The van der Waals surface area contributed by atoms with Gasteiger partial charge in [0.1, 0.15) is 0 Å². The average molecular weight is 329 g/mol. The third kappa shape index (κ3) is 2.59. The summed E-state index contributed by atoms with van der Waals surface area (Å²) in [6, 6.07) is 7.20. The van der Waals surface area contributed by atoms with Crippen LogP contribution in [0.4, 0.5) is 4.39 Å². The Morgan fingerprint density at radius 1 is 1.28 bits per heavy atom. The molecule has 0 saturated heterocycles. The van der Waals surface area contributed by atoms with Crippen LogP contribution >= 0.6 is 27.3 Å². The van der Waals surface area contributed by atoms with E-state index in [0.717, 1.165) is 5.56 Å². The molecule has 0 fully saturated rings. The second-order valence-electron chi connectivity index (χ2n) is 4.13. The van der Waals surface area contributed by atoms with Gasteiger partial charge in [0, 0.05) is 9.75 Å². The number of benzene rings is 1. The van der Waals surface area contributed by atoms with Gasteiger partial charge >= 0.3 is 0 Å². The van der Waals surface area contributed by atoms with Crippen molar-refractivity contribution in [3.05, 3.63) is 51.0 Å². The third-order valence-corrected chi connectivity index (χ3v) is 4.82. The number of hydrogen-bond acceptors (Lipinski definition) is 2. The Hall–Kier alpha value is -0.870. The monoisotopic (exact) mass is 328 g/mol. The van der Waals surface area contributed by atoms with Crippen molar-refractivity contribution in [1.29, 1.82) is 0 Å². The topological polar surface area (TPSA) is 9.23 Å². The van der Waals surface area contributed by atoms with Crippen molar-refractivity contribution in [3.8, 4) is 5.75 Å². The first-order valence-electron chi connectivity index (χ1n) is 5.57. The first-order chi connectivity index (χ1) is 8.52. The van der Waals surface area contributed by atoms with E-state index in [1.807, 2.05) is 6.07 Å². The number of ether oxygens (including phenoxy) is 1. The van der Waals surface area contributed by atoms with Crippen molar-refractivity contribution >= 4 is 27.3 Å². The number of alkyl halides is 1. The Morgan fingerprint density at radius 2 is 2.00 bits per heavy atom. The minimum absolute atomic E-state index is 0.0165. The summed E-state index contributed by atoms with van der Waals surface area (Å²) in [4.78, 5) is 2.54. The molecule has 18 heavy (non-hydrogen) atoms. The summed E-state index contributed by atoms with van der Waals surface area (Å²) in [6.45, 7) is 4.16. The number of hydrogen-bond donors (Lipinski definition) is 0. The molecule has 1 nitrogen and oxygen atoms in total. The van der Waals surface area contributed by atoms with E-state index in [4.69, 9.17) is 4.74 Å². The van der Waals surface area contributed by atoms with Gasteiger partial charge in [-0.1, -0.05) is 22.0 Å². The van der Waals surface area contributed by atoms with Crippen LogP contribution in [0.1, 0.15) is 25.7 Å². The highest BCUT2D eigenvalue weighted by Crippen LogP contribution is 2.37. The summed E-state index contributed by atoms with van der Waals surface area (Å²) >= 11 is 5.39. The Bertz CT molecular complexity index is 565. The van der Waals surface area contributed by atoms with Crippen LogP contribution in [-0.2, 0) is 0 Å². The maximum absolute atomic E-state index is 13.7. The second-order valence-corrected chi connectivity index (χ2v) is 6.50. The molecule has 0 amide bonds. The van der Waals surface area contributed by atoms with Crippen LogP contribution in [0.3, 0.4) is 0 Å². The highest BCUT2D eigenvalue weighted by Gasteiger charge is 2.16. The summed E-state index contributed by atoms with van der Waals surface area (Å²) in [5.74, 6) is -0.0549. The Labute approximate surface area is 119 Å². The fourth-order valence-electron chi connectivity index (χ4n) is 1.92. The van der Waals surface area contributed by atoms with E-state index in [1.54, 1.807) is 17.4 Å². The van der Waals surface area contributed by atoms with Crippen molar-refractivity contribution in [3.63, 3.8) is 0 Å². The number of halogens is 2. The molecule has 0 aliphatic carbocycles. The van der Waals surface area contributed by atoms with E-state index < -0.39 is 0 Å². The molecule has 1 unspecified atom stereocenters. The number of thiophene rings is 1. The number of rotatable bonds is 3. The van der Waals surface area contributed by atoms with E-state index in [-0.39, 0.29) is 16.4 Å². The summed E-state index contributed by atoms with van der Waals surface area (Å²) in [5.41, 5.74) is 2.09. The van der Waals surface area contributed by atoms with E-state index in [2.05, 4.69) is 35.8 Å². The molecule has 1 atom stereocenters. The van der Waals surface area contributed by atoms with Crippen LogP contribution in [0.25, 0.3) is 0 Å². The molecule has 1 aromatic carbocycles. The third-order valence-electron chi connectivity index (χ3n) is 2.82. The molecule has 0 bridgehead atoms. The zero-order valence-corrected chi connectivity index (χ0v) is 12.9. The lowest BCUT2D eigenvalue weighted by molar-refractivity contribution is 0.386. The zero-order chi connectivity index (χ0) is 13.3. The summed E-state index contributed by atoms with van der Waals surface area (Å²) in [7, 11) is 1.47. The first kappa shape index (κ1) is 13.6. The fraction of sp³-hybridized carbons (Fsp3) is 0.286. The summed E-state index contributed by atoms with van der Waals surface area (Å²) in [6.07, 6.45) is 0. The van der Waals surface area contributed by atoms with Gasteiger partial charge in [-0.15, -0.1) is 11.3 Å². The average Bonchev–Trinajstić information content (AvgIpc) is 2.67. The molecule has 0 aliphatic rings. The minimum Gasteiger partial charge on any atom is -0.494 e. The lowest BCUT2D eigenvalue weighted by Crippen LogP contribution is -1.95. The van der Waals surface area contributed by atoms with E-state index in [9.17, 15) is 4.39 Å². The number of aryl methyl sites for hydroxylation is 2. The van der Waals surface area contributed by atoms with Crippen LogP contribution in [0.15, 0.2) is 24.3 Å². The SMILES string of the molecule is COc1ccc(C(Br)c2cc(C)sc2C)cc1F. The molecule has 2 aromatic rings. The van der Waals surface area contributed by atoms with Gasteiger partial charge in [-0.25, -0.2) is 4.39 Å². The van der Waals surface area contributed by atoms with Gasteiger partial charge < -0.3 is 4.74 Å². The van der Waals surface area contributed by atoms with Gasteiger partial charge in [0.05, 0.1) is 11.9 Å². The molecule has 1 aromatic heterocycles. The van der Waals surface area contributed by atoms with Crippen LogP contribution in [0.5, 0.6) is 5.75 Å². The molecule has 1 heterocycles. The van der Waals surface area contributed by atoms with Crippen LogP contribution < -0.4 is 4.74 Å². The Balaban J connectivity index is 2.37. The van der Waals surface area contributed by atoms with Crippen LogP contribution in [0.2, 0.25) is 0 Å². The van der Waals surface area contributed by atoms with E-state index >= 15 is 0 Å². The minimum atomic E-state index is -0.330. The quantitative estimate of drug-likeness (QED) is 0.720. The molecule has 0 aliphatic heterocycles. The van der Waals surface area contributed by atoms with E-state index in [1.165, 1.54) is 28.5 Å². The predicted octanol–water partition coefficient (Wildman–Crippen LogP) is 5.00. The molecule has 96 valence electrons. The molecular weight excluding hydrogens is 315 g/mol. The van der Waals surface area contributed by atoms with Gasteiger partial charge in [0.15, 0.2) is 11.6 Å². The highest BCUT2D eigenvalue weighted by atomic mass is 79.9. The van der Waals surface area contributed by atoms with Gasteiger partial charge in [0.25, 0.3) is 0 Å². The van der Waals surface area contributed by atoms with Gasteiger partial charge in [-0.2, -0.15) is 0 Å². The van der Waals surface area contributed by atoms with Crippen molar-refractivity contribution in [1.82, 2.24) is 0 Å². The van der Waals surface area contributed by atoms with Crippen molar-refractivity contribution in [2.75, 3.05) is 7.11 Å². The molecular formula is C14H14BrFOS.